The lowest BCUT2D eigenvalue weighted by Crippen LogP contribution is -2.48. The number of para-hydroxylation sites is 1. The summed E-state index contributed by atoms with van der Waals surface area (Å²) < 4.78 is 26.3. The lowest BCUT2D eigenvalue weighted by atomic mass is 10.2. The summed E-state index contributed by atoms with van der Waals surface area (Å²) in [5, 5.41) is 12.0. The summed E-state index contributed by atoms with van der Waals surface area (Å²) in [5.74, 6) is -0.00992. The van der Waals surface area contributed by atoms with E-state index in [0.717, 1.165) is 15.1 Å². The zero-order valence-electron chi connectivity index (χ0n) is 19.8. The molecule has 2 amide bonds. The highest BCUT2D eigenvalue weighted by Crippen LogP contribution is 2.29. The first-order chi connectivity index (χ1) is 17.2. The molecule has 0 saturated carbocycles. The Kier molecular flexibility index (Phi) is 8.24. The first kappa shape index (κ1) is 26.1. The van der Waals surface area contributed by atoms with Crippen molar-refractivity contribution in [2.75, 3.05) is 56.2 Å². The molecule has 1 aromatic heterocycles. The number of hydrogen-bond donors (Lipinski definition) is 1. The number of piperazine rings is 1. The molecular weight excluding hydrogens is 520 g/mol. The van der Waals surface area contributed by atoms with Crippen LogP contribution in [0.25, 0.3) is 0 Å². The van der Waals surface area contributed by atoms with E-state index in [4.69, 9.17) is 0 Å². The molecule has 0 aliphatic carbocycles. The van der Waals surface area contributed by atoms with Crippen LogP contribution in [0.4, 0.5) is 10.8 Å². The van der Waals surface area contributed by atoms with E-state index in [9.17, 15) is 18.0 Å². The molecule has 0 unspecified atom stereocenters. The number of carbonyl (C=O) groups is 2. The quantitative estimate of drug-likeness (QED) is 0.429. The lowest BCUT2D eigenvalue weighted by molar-refractivity contribution is -0.113. The SMILES string of the molecule is CN(C)S(=O)(=O)c1ccc(C(=O)N2CCN(c3nnc(SCC(=O)Nc4ccccc4)s3)CC2)cc1. The average molecular weight is 547 g/mol. The molecule has 2 heterocycles. The molecule has 36 heavy (non-hydrogen) atoms. The summed E-state index contributed by atoms with van der Waals surface area (Å²) in [4.78, 5) is 29.0. The van der Waals surface area contributed by atoms with Gasteiger partial charge in [-0.2, -0.15) is 0 Å². The molecule has 0 spiro atoms. The van der Waals surface area contributed by atoms with Crippen LogP contribution in [-0.4, -0.2) is 85.7 Å². The van der Waals surface area contributed by atoms with Gasteiger partial charge in [0.15, 0.2) is 4.34 Å². The van der Waals surface area contributed by atoms with Gasteiger partial charge in [-0.05, 0) is 36.4 Å². The monoisotopic (exact) mass is 546 g/mol. The molecule has 0 radical (unpaired) electrons. The zero-order valence-corrected chi connectivity index (χ0v) is 22.3. The number of nitrogens with zero attached hydrogens (tertiary/aromatic N) is 5. The molecule has 1 N–H and O–H groups in total. The first-order valence-corrected chi connectivity index (χ1v) is 14.4. The predicted octanol–water partition coefficient (Wildman–Crippen LogP) is 2.48. The molecule has 3 aromatic rings. The number of carbonyl (C=O) groups excluding carboxylic acids is 2. The van der Waals surface area contributed by atoms with Crippen LogP contribution in [0.2, 0.25) is 0 Å². The third kappa shape index (κ3) is 6.22. The Labute approximate surface area is 218 Å². The molecule has 1 aliphatic heterocycles. The Morgan fingerprint density at radius 3 is 2.31 bits per heavy atom. The minimum atomic E-state index is -3.54. The Hall–Kier alpha value is -3.00. The number of sulfonamides is 1. The number of anilines is 2. The first-order valence-electron chi connectivity index (χ1n) is 11.1. The molecule has 1 aliphatic rings. The third-order valence-corrected chi connectivity index (χ3v) is 9.44. The van der Waals surface area contributed by atoms with Crippen LogP contribution in [0.1, 0.15) is 10.4 Å². The van der Waals surface area contributed by atoms with Crippen molar-refractivity contribution in [3.8, 4) is 0 Å². The van der Waals surface area contributed by atoms with E-state index < -0.39 is 10.0 Å². The van der Waals surface area contributed by atoms with Gasteiger partial charge in [0.1, 0.15) is 0 Å². The molecule has 1 saturated heterocycles. The van der Waals surface area contributed by atoms with Crippen molar-refractivity contribution in [2.24, 2.45) is 0 Å². The van der Waals surface area contributed by atoms with E-state index in [1.807, 2.05) is 30.3 Å². The van der Waals surface area contributed by atoms with Gasteiger partial charge in [0.2, 0.25) is 21.1 Å². The van der Waals surface area contributed by atoms with E-state index in [1.54, 1.807) is 17.0 Å². The molecule has 2 aromatic carbocycles. The van der Waals surface area contributed by atoms with Gasteiger partial charge in [0.25, 0.3) is 5.91 Å². The van der Waals surface area contributed by atoms with Gasteiger partial charge >= 0.3 is 0 Å². The van der Waals surface area contributed by atoms with Crippen LogP contribution in [0.15, 0.2) is 63.8 Å². The summed E-state index contributed by atoms with van der Waals surface area (Å²) in [5.41, 5.74) is 1.20. The maximum absolute atomic E-state index is 12.9. The Balaban J connectivity index is 1.27. The number of thioether (sulfide) groups is 1. The molecule has 13 heteroatoms. The van der Waals surface area contributed by atoms with Crippen molar-refractivity contribution < 1.29 is 18.0 Å². The van der Waals surface area contributed by atoms with E-state index in [2.05, 4.69) is 20.4 Å². The number of rotatable bonds is 8. The number of nitrogens with one attached hydrogen (secondary N) is 1. The van der Waals surface area contributed by atoms with Crippen molar-refractivity contribution in [2.45, 2.75) is 9.24 Å². The third-order valence-electron chi connectivity index (χ3n) is 5.50. The molecule has 190 valence electrons. The molecule has 0 bridgehead atoms. The number of amides is 2. The van der Waals surface area contributed by atoms with E-state index in [-0.39, 0.29) is 22.5 Å². The zero-order chi connectivity index (χ0) is 25.7. The van der Waals surface area contributed by atoms with Crippen LogP contribution < -0.4 is 10.2 Å². The smallest absolute Gasteiger partial charge is 0.253 e. The highest BCUT2D eigenvalue weighted by Gasteiger charge is 2.25. The summed E-state index contributed by atoms with van der Waals surface area (Å²) in [6.07, 6.45) is 0. The fourth-order valence-electron chi connectivity index (χ4n) is 3.50. The van der Waals surface area contributed by atoms with Crippen LogP contribution in [0.3, 0.4) is 0 Å². The maximum atomic E-state index is 12.9. The second kappa shape index (κ2) is 11.4. The van der Waals surface area contributed by atoms with Gasteiger partial charge in [0, 0.05) is 51.5 Å². The van der Waals surface area contributed by atoms with Gasteiger partial charge < -0.3 is 15.1 Å². The van der Waals surface area contributed by atoms with Crippen molar-refractivity contribution in [1.29, 1.82) is 0 Å². The second-order valence-electron chi connectivity index (χ2n) is 8.14. The van der Waals surface area contributed by atoms with Crippen molar-refractivity contribution in [3.05, 3.63) is 60.2 Å². The van der Waals surface area contributed by atoms with Gasteiger partial charge in [-0.3, -0.25) is 9.59 Å². The van der Waals surface area contributed by atoms with Gasteiger partial charge in [-0.1, -0.05) is 41.3 Å². The largest absolute Gasteiger partial charge is 0.343 e. The fourth-order valence-corrected chi connectivity index (χ4v) is 6.09. The number of benzene rings is 2. The van der Waals surface area contributed by atoms with Gasteiger partial charge in [0.05, 0.1) is 10.6 Å². The van der Waals surface area contributed by atoms with Crippen molar-refractivity contribution in [3.63, 3.8) is 0 Å². The van der Waals surface area contributed by atoms with Crippen LogP contribution in [0.5, 0.6) is 0 Å². The lowest BCUT2D eigenvalue weighted by Gasteiger charge is -2.34. The average Bonchev–Trinajstić information content (AvgIpc) is 3.37. The summed E-state index contributed by atoms with van der Waals surface area (Å²) >= 11 is 2.76. The number of hydrogen-bond acceptors (Lipinski definition) is 9. The highest BCUT2D eigenvalue weighted by atomic mass is 32.2. The molecular formula is C23H26N6O4S3. The summed E-state index contributed by atoms with van der Waals surface area (Å²) in [7, 11) is -0.600. The summed E-state index contributed by atoms with van der Waals surface area (Å²) in [6, 6.07) is 15.3. The van der Waals surface area contributed by atoms with Gasteiger partial charge in [-0.15, -0.1) is 10.2 Å². The summed E-state index contributed by atoms with van der Waals surface area (Å²) in [6.45, 7) is 2.23. The van der Waals surface area contributed by atoms with E-state index >= 15 is 0 Å². The van der Waals surface area contributed by atoms with Crippen molar-refractivity contribution in [1.82, 2.24) is 19.4 Å². The standard InChI is InChI=1S/C23H26N6O4S3/c1-27(2)36(32,33)19-10-8-17(9-11-19)21(31)28-12-14-29(15-13-28)22-25-26-23(35-22)34-16-20(30)24-18-6-4-3-5-7-18/h3-11H,12-16H2,1-2H3,(H,24,30). The molecule has 0 atom stereocenters. The normalized spacial score (nSPS) is 14.2. The molecule has 1 fully saturated rings. The van der Waals surface area contributed by atoms with E-state index in [1.165, 1.54) is 49.3 Å². The molecule has 10 nitrogen and oxygen atoms in total. The van der Waals surface area contributed by atoms with Crippen LogP contribution in [0, 0.1) is 0 Å². The second-order valence-corrected chi connectivity index (χ2v) is 12.5. The van der Waals surface area contributed by atoms with E-state index in [0.29, 0.717) is 36.1 Å². The minimum Gasteiger partial charge on any atom is -0.343 e. The van der Waals surface area contributed by atoms with Crippen molar-refractivity contribution >= 4 is 55.8 Å². The highest BCUT2D eigenvalue weighted by molar-refractivity contribution is 8.01. The van der Waals surface area contributed by atoms with Crippen LogP contribution in [-0.2, 0) is 14.8 Å². The van der Waals surface area contributed by atoms with Gasteiger partial charge in [-0.25, -0.2) is 12.7 Å². The predicted molar refractivity (Wildman–Crippen MR) is 141 cm³/mol. The topological polar surface area (TPSA) is 116 Å². The Bertz CT molecular complexity index is 1310. The molecule has 4 rings (SSSR count). The number of aromatic nitrogens is 2. The Morgan fingerprint density at radius 2 is 1.67 bits per heavy atom. The van der Waals surface area contributed by atoms with Crippen LogP contribution >= 0.6 is 23.1 Å². The minimum absolute atomic E-state index is 0.109. The fraction of sp³-hybridized carbons (Fsp3) is 0.304. The Morgan fingerprint density at radius 1 is 1.00 bits per heavy atom. The maximum Gasteiger partial charge on any atom is 0.253 e.